The normalized spacial score (nSPS) is 12.8. The van der Waals surface area contributed by atoms with Crippen LogP contribution in [0.15, 0.2) is 24.3 Å². The highest BCUT2D eigenvalue weighted by molar-refractivity contribution is 5.30. The molecular formula is C13H21NO2. The van der Waals surface area contributed by atoms with Crippen LogP contribution in [0.25, 0.3) is 0 Å². The summed E-state index contributed by atoms with van der Waals surface area (Å²) in [5.74, 6) is 0.849. The molecule has 0 saturated heterocycles. The van der Waals surface area contributed by atoms with E-state index in [0.29, 0.717) is 13.2 Å². The molecule has 0 aromatic heterocycles. The first-order valence-electron chi connectivity index (χ1n) is 5.69. The van der Waals surface area contributed by atoms with Gasteiger partial charge in [0.25, 0.3) is 0 Å². The van der Waals surface area contributed by atoms with Crippen molar-refractivity contribution in [3.05, 3.63) is 29.8 Å². The Balaban J connectivity index is 2.39. The van der Waals surface area contributed by atoms with Crippen LogP contribution in [-0.2, 0) is 4.74 Å². The van der Waals surface area contributed by atoms with Gasteiger partial charge >= 0.3 is 0 Å². The van der Waals surface area contributed by atoms with Gasteiger partial charge in [0.2, 0.25) is 0 Å². The van der Waals surface area contributed by atoms with Crippen molar-refractivity contribution in [3.63, 3.8) is 0 Å². The molecule has 0 aliphatic rings. The second kappa shape index (κ2) is 6.51. The molecule has 90 valence electrons. The fourth-order valence-corrected chi connectivity index (χ4v) is 1.33. The number of ether oxygens (including phenoxy) is 2. The molecule has 0 heterocycles. The zero-order valence-electron chi connectivity index (χ0n) is 10.3. The van der Waals surface area contributed by atoms with Gasteiger partial charge in [0, 0.05) is 6.04 Å². The van der Waals surface area contributed by atoms with Gasteiger partial charge in [-0.25, -0.2) is 0 Å². The predicted octanol–water partition coefficient (Wildman–Crippen LogP) is 2.51. The molecule has 0 unspecified atom stereocenters. The first kappa shape index (κ1) is 13.0. The fraction of sp³-hybridized carbons (Fsp3) is 0.538. The largest absolute Gasteiger partial charge is 0.491 e. The summed E-state index contributed by atoms with van der Waals surface area (Å²) in [6.07, 6.45) is 0.249. The maximum atomic E-state index is 5.80. The summed E-state index contributed by atoms with van der Waals surface area (Å²) in [5, 5.41) is 0. The molecule has 1 aromatic carbocycles. The van der Waals surface area contributed by atoms with Crippen molar-refractivity contribution in [2.75, 3.05) is 13.2 Å². The molecule has 3 nitrogen and oxygen atoms in total. The van der Waals surface area contributed by atoms with Gasteiger partial charge in [-0.3, -0.25) is 0 Å². The summed E-state index contributed by atoms with van der Waals surface area (Å²) < 4.78 is 11.0. The van der Waals surface area contributed by atoms with Crippen LogP contribution in [0.4, 0.5) is 0 Å². The lowest BCUT2D eigenvalue weighted by atomic mass is 10.1. The van der Waals surface area contributed by atoms with Crippen molar-refractivity contribution in [1.82, 2.24) is 0 Å². The van der Waals surface area contributed by atoms with Crippen LogP contribution in [0, 0.1) is 0 Å². The molecule has 0 saturated carbocycles. The Hall–Kier alpha value is -1.06. The molecule has 0 aliphatic carbocycles. The van der Waals surface area contributed by atoms with Crippen LogP contribution in [0.5, 0.6) is 5.75 Å². The molecule has 1 aromatic rings. The summed E-state index contributed by atoms with van der Waals surface area (Å²) in [6.45, 7) is 7.16. The summed E-state index contributed by atoms with van der Waals surface area (Å²) in [4.78, 5) is 0. The van der Waals surface area contributed by atoms with E-state index in [1.807, 2.05) is 45.0 Å². The van der Waals surface area contributed by atoms with E-state index in [0.717, 1.165) is 11.3 Å². The van der Waals surface area contributed by atoms with Gasteiger partial charge in [0.15, 0.2) is 0 Å². The highest BCUT2D eigenvalue weighted by atomic mass is 16.5. The Bertz CT molecular complexity index is 311. The van der Waals surface area contributed by atoms with E-state index >= 15 is 0 Å². The van der Waals surface area contributed by atoms with E-state index in [4.69, 9.17) is 15.2 Å². The third kappa shape index (κ3) is 4.64. The van der Waals surface area contributed by atoms with Gasteiger partial charge < -0.3 is 15.2 Å². The van der Waals surface area contributed by atoms with E-state index in [1.54, 1.807) is 0 Å². The van der Waals surface area contributed by atoms with Crippen LogP contribution >= 0.6 is 0 Å². The molecule has 0 bridgehead atoms. The van der Waals surface area contributed by atoms with Crippen molar-refractivity contribution in [2.24, 2.45) is 5.73 Å². The van der Waals surface area contributed by atoms with Crippen molar-refractivity contribution in [2.45, 2.75) is 32.9 Å². The Labute approximate surface area is 97.6 Å². The van der Waals surface area contributed by atoms with Crippen LogP contribution in [0.3, 0.4) is 0 Å². The lowest BCUT2D eigenvalue weighted by Gasteiger charge is -2.11. The van der Waals surface area contributed by atoms with Crippen molar-refractivity contribution in [3.8, 4) is 5.75 Å². The van der Waals surface area contributed by atoms with Crippen LogP contribution < -0.4 is 10.5 Å². The first-order valence-corrected chi connectivity index (χ1v) is 5.69. The number of rotatable bonds is 6. The molecule has 16 heavy (non-hydrogen) atoms. The smallest absolute Gasteiger partial charge is 0.119 e. The van der Waals surface area contributed by atoms with Crippen molar-refractivity contribution >= 4 is 0 Å². The van der Waals surface area contributed by atoms with Gasteiger partial charge in [-0.05, 0) is 38.5 Å². The second-order valence-corrected chi connectivity index (χ2v) is 4.13. The van der Waals surface area contributed by atoms with E-state index in [9.17, 15) is 0 Å². The van der Waals surface area contributed by atoms with E-state index < -0.39 is 0 Å². The molecule has 0 aliphatic heterocycles. The zero-order chi connectivity index (χ0) is 12.0. The topological polar surface area (TPSA) is 44.5 Å². The number of hydrogen-bond donors (Lipinski definition) is 1. The minimum atomic E-state index is 0.0375. The van der Waals surface area contributed by atoms with Gasteiger partial charge in [-0.1, -0.05) is 12.1 Å². The maximum absolute atomic E-state index is 5.80. The number of hydrogen-bond acceptors (Lipinski definition) is 3. The molecule has 0 amide bonds. The third-order valence-electron chi connectivity index (χ3n) is 2.19. The van der Waals surface area contributed by atoms with Crippen LogP contribution in [-0.4, -0.2) is 19.3 Å². The maximum Gasteiger partial charge on any atom is 0.119 e. The lowest BCUT2D eigenvalue weighted by molar-refractivity contribution is 0.0552. The lowest BCUT2D eigenvalue weighted by Crippen LogP contribution is -2.11. The quantitative estimate of drug-likeness (QED) is 0.754. The van der Waals surface area contributed by atoms with Gasteiger partial charge in [-0.2, -0.15) is 0 Å². The molecule has 1 rings (SSSR count). The van der Waals surface area contributed by atoms with Gasteiger partial charge in [0.05, 0.1) is 12.7 Å². The number of nitrogens with two attached hydrogens (primary N) is 1. The highest BCUT2D eigenvalue weighted by Crippen LogP contribution is 2.17. The molecule has 0 radical (unpaired) electrons. The summed E-state index contributed by atoms with van der Waals surface area (Å²) in [7, 11) is 0. The molecular weight excluding hydrogens is 202 g/mol. The Kier molecular flexibility index (Phi) is 5.29. The van der Waals surface area contributed by atoms with Gasteiger partial charge in [-0.15, -0.1) is 0 Å². The molecule has 3 heteroatoms. The van der Waals surface area contributed by atoms with Crippen LogP contribution in [0.2, 0.25) is 0 Å². The average molecular weight is 223 g/mol. The number of benzene rings is 1. The monoisotopic (exact) mass is 223 g/mol. The molecule has 2 N–H and O–H groups in total. The Morgan fingerprint density at radius 3 is 2.56 bits per heavy atom. The second-order valence-electron chi connectivity index (χ2n) is 4.13. The summed E-state index contributed by atoms with van der Waals surface area (Å²) >= 11 is 0. The molecule has 0 fully saturated rings. The van der Waals surface area contributed by atoms with E-state index in [-0.39, 0.29) is 12.1 Å². The van der Waals surface area contributed by atoms with Crippen LogP contribution in [0.1, 0.15) is 32.4 Å². The summed E-state index contributed by atoms with van der Waals surface area (Å²) in [5.41, 5.74) is 6.88. The zero-order valence-corrected chi connectivity index (χ0v) is 10.3. The predicted molar refractivity (Wildman–Crippen MR) is 65.6 cm³/mol. The third-order valence-corrected chi connectivity index (χ3v) is 2.19. The summed E-state index contributed by atoms with van der Waals surface area (Å²) in [6, 6.07) is 7.90. The highest BCUT2D eigenvalue weighted by Gasteiger charge is 2.01. The molecule has 0 spiro atoms. The van der Waals surface area contributed by atoms with Crippen molar-refractivity contribution < 1.29 is 9.47 Å². The van der Waals surface area contributed by atoms with E-state index in [1.165, 1.54) is 0 Å². The average Bonchev–Trinajstić information content (AvgIpc) is 2.24. The van der Waals surface area contributed by atoms with Gasteiger partial charge in [0.1, 0.15) is 12.4 Å². The fourth-order valence-electron chi connectivity index (χ4n) is 1.33. The van der Waals surface area contributed by atoms with E-state index in [2.05, 4.69) is 0 Å². The SMILES string of the molecule is CC(C)OCCOc1cccc([C@@H](C)N)c1. The molecule has 1 atom stereocenters. The van der Waals surface area contributed by atoms with Crippen molar-refractivity contribution in [1.29, 1.82) is 0 Å². The Morgan fingerprint density at radius 2 is 1.94 bits per heavy atom. The standard InChI is InChI=1S/C13H21NO2/c1-10(2)15-7-8-16-13-6-4-5-12(9-13)11(3)14/h4-6,9-11H,7-8,14H2,1-3H3/t11-/m1/s1. The minimum absolute atomic E-state index is 0.0375. The first-order chi connectivity index (χ1) is 7.59. The Morgan fingerprint density at radius 1 is 1.19 bits per heavy atom. The minimum Gasteiger partial charge on any atom is -0.491 e.